The largest absolute Gasteiger partial charge is 0.340 e. The molecule has 0 aromatic carbocycles. The minimum absolute atomic E-state index is 0.356. The summed E-state index contributed by atoms with van der Waals surface area (Å²) in [6, 6.07) is 0.356. The second-order valence-electron chi connectivity index (χ2n) is 2.40. The second kappa shape index (κ2) is 3.06. The van der Waals surface area contributed by atoms with E-state index in [1.807, 2.05) is 0 Å². The van der Waals surface area contributed by atoms with E-state index in [1.165, 1.54) is 12.8 Å². The first kappa shape index (κ1) is 6.87. The van der Waals surface area contributed by atoms with Crippen LogP contribution in [0, 0.1) is 0 Å². The number of amides is 1. The fourth-order valence-corrected chi connectivity index (χ4v) is 1.38. The molecule has 3 heteroatoms. The number of carbonyl (C=O) groups excluding carboxylic acids is 1. The highest BCUT2D eigenvalue weighted by Crippen LogP contribution is 2.17. The third-order valence-corrected chi connectivity index (χ3v) is 1.78. The number of carbonyl (C=O) groups is 1. The predicted octanol–water partition coefficient (Wildman–Crippen LogP) is 1.88. The Bertz CT molecular complexity index is 110. The molecule has 1 N–H and O–H groups in total. The Morgan fingerprint density at radius 1 is 1.44 bits per heavy atom. The molecule has 0 unspecified atom stereocenters. The second-order valence-corrected chi connectivity index (χ2v) is 2.74. The lowest BCUT2D eigenvalue weighted by atomic mass is 10.3. The summed E-state index contributed by atoms with van der Waals surface area (Å²) in [5.74, 6) is 0. The first-order valence-corrected chi connectivity index (χ1v) is 3.63. The van der Waals surface area contributed by atoms with Crippen LogP contribution in [0.2, 0.25) is 0 Å². The van der Waals surface area contributed by atoms with Gasteiger partial charge in [0.05, 0.1) is 0 Å². The Morgan fingerprint density at radius 3 is 2.44 bits per heavy atom. The van der Waals surface area contributed by atoms with Crippen molar-refractivity contribution in [1.82, 2.24) is 5.32 Å². The molecule has 0 spiro atoms. The highest BCUT2D eigenvalue weighted by Gasteiger charge is 2.15. The molecule has 0 atom stereocenters. The first-order chi connectivity index (χ1) is 4.29. The monoisotopic (exact) mass is 147 g/mol. The van der Waals surface area contributed by atoms with Crippen molar-refractivity contribution in [1.29, 1.82) is 0 Å². The molecule has 0 aromatic heterocycles. The zero-order valence-corrected chi connectivity index (χ0v) is 5.95. The van der Waals surface area contributed by atoms with Gasteiger partial charge in [-0.3, -0.25) is 4.79 Å². The topological polar surface area (TPSA) is 29.1 Å². The third kappa shape index (κ3) is 2.22. The van der Waals surface area contributed by atoms with Gasteiger partial charge in [0.1, 0.15) is 0 Å². The van der Waals surface area contributed by atoms with Crippen molar-refractivity contribution >= 4 is 17.0 Å². The number of hydrogen-bond donors (Lipinski definition) is 1. The molecule has 0 heterocycles. The highest BCUT2D eigenvalue weighted by atomic mass is 35.5. The summed E-state index contributed by atoms with van der Waals surface area (Å²) >= 11 is 5.11. The molecule has 0 radical (unpaired) electrons. The van der Waals surface area contributed by atoms with Gasteiger partial charge in [-0.1, -0.05) is 12.8 Å². The van der Waals surface area contributed by atoms with E-state index < -0.39 is 5.37 Å². The summed E-state index contributed by atoms with van der Waals surface area (Å²) in [5.41, 5.74) is 0. The number of hydrogen-bond acceptors (Lipinski definition) is 1. The Morgan fingerprint density at radius 2 is 2.00 bits per heavy atom. The fourth-order valence-electron chi connectivity index (χ4n) is 1.23. The van der Waals surface area contributed by atoms with E-state index in [4.69, 9.17) is 11.6 Å². The normalized spacial score (nSPS) is 20.1. The molecule has 1 fully saturated rings. The number of halogens is 1. The number of rotatable bonds is 1. The molecule has 0 aliphatic heterocycles. The lowest BCUT2D eigenvalue weighted by Gasteiger charge is -2.06. The van der Waals surface area contributed by atoms with Gasteiger partial charge in [0, 0.05) is 6.04 Å². The molecular weight excluding hydrogens is 138 g/mol. The van der Waals surface area contributed by atoms with Crippen LogP contribution in [0.1, 0.15) is 25.7 Å². The molecule has 0 aromatic rings. The maximum atomic E-state index is 10.3. The maximum absolute atomic E-state index is 10.3. The zero-order valence-electron chi connectivity index (χ0n) is 5.19. The van der Waals surface area contributed by atoms with Crippen LogP contribution in [0.4, 0.5) is 4.79 Å². The van der Waals surface area contributed by atoms with Crippen LogP contribution in [0.25, 0.3) is 0 Å². The highest BCUT2D eigenvalue weighted by molar-refractivity contribution is 6.62. The Balaban J connectivity index is 2.19. The van der Waals surface area contributed by atoms with Gasteiger partial charge in [0.15, 0.2) is 0 Å². The quantitative estimate of drug-likeness (QED) is 0.445. The Kier molecular flexibility index (Phi) is 2.34. The fraction of sp³-hybridized carbons (Fsp3) is 0.833. The summed E-state index contributed by atoms with van der Waals surface area (Å²) in [5, 5.41) is 2.25. The van der Waals surface area contributed by atoms with E-state index in [0.717, 1.165) is 12.8 Å². The number of nitrogens with one attached hydrogen (secondary N) is 1. The molecule has 1 amide bonds. The maximum Gasteiger partial charge on any atom is 0.314 e. The predicted molar refractivity (Wildman–Crippen MR) is 36.6 cm³/mol. The Labute approximate surface area is 59.6 Å². The van der Waals surface area contributed by atoms with Crippen molar-refractivity contribution in [3.63, 3.8) is 0 Å². The summed E-state index contributed by atoms with van der Waals surface area (Å²) in [6.45, 7) is 0. The standard InChI is InChI=1S/C6H10ClNO/c7-6(9)8-5-3-1-2-4-5/h5H,1-4H2,(H,8,9). The van der Waals surface area contributed by atoms with Crippen molar-refractivity contribution in [3.05, 3.63) is 0 Å². The molecule has 0 bridgehead atoms. The minimum Gasteiger partial charge on any atom is -0.340 e. The molecule has 1 saturated carbocycles. The molecule has 1 aliphatic rings. The molecule has 9 heavy (non-hydrogen) atoms. The van der Waals surface area contributed by atoms with E-state index in [-0.39, 0.29) is 0 Å². The molecule has 2 nitrogen and oxygen atoms in total. The summed E-state index contributed by atoms with van der Waals surface area (Å²) < 4.78 is 0. The van der Waals surface area contributed by atoms with Gasteiger partial charge in [-0.2, -0.15) is 0 Å². The molecular formula is C6H10ClNO. The lowest BCUT2D eigenvalue weighted by Crippen LogP contribution is -2.27. The smallest absolute Gasteiger partial charge is 0.314 e. The van der Waals surface area contributed by atoms with E-state index in [1.54, 1.807) is 0 Å². The lowest BCUT2D eigenvalue weighted by molar-refractivity contribution is 0.256. The zero-order chi connectivity index (χ0) is 6.69. The van der Waals surface area contributed by atoms with Gasteiger partial charge in [-0.15, -0.1) is 0 Å². The van der Waals surface area contributed by atoms with Gasteiger partial charge < -0.3 is 5.32 Å². The average Bonchev–Trinajstić information content (AvgIpc) is 2.15. The summed E-state index contributed by atoms with van der Waals surface area (Å²) in [4.78, 5) is 10.3. The molecule has 0 saturated heterocycles. The molecule has 1 aliphatic carbocycles. The molecule has 1 rings (SSSR count). The van der Waals surface area contributed by atoms with Crippen molar-refractivity contribution < 1.29 is 4.79 Å². The third-order valence-electron chi connectivity index (χ3n) is 1.67. The van der Waals surface area contributed by atoms with Crippen molar-refractivity contribution in [3.8, 4) is 0 Å². The van der Waals surface area contributed by atoms with Gasteiger partial charge in [0.2, 0.25) is 0 Å². The average molecular weight is 148 g/mol. The van der Waals surface area contributed by atoms with Gasteiger partial charge in [0.25, 0.3) is 0 Å². The van der Waals surface area contributed by atoms with Crippen molar-refractivity contribution in [2.24, 2.45) is 0 Å². The van der Waals surface area contributed by atoms with Gasteiger partial charge in [-0.05, 0) is 24.4 Å². The first-order valence-electron chi connectivity index (χ1n) is 3.25. The van der Waals surface area contributed by atoms with Crippen LogP contribution in [0.15, 0.2) is 0 Å². The van der Waals surface area contributed by atoms with Crippen LogP contribution < -0.4 is 5.32 Å². The van der Waals surface area contributed by atoms with Crippen LogP contribution in [0.3, 0.4) is 0 Å². The minimum atomic E-state index is -0.415. The van der Waals surface area contributed by atoms with Crippen LogP contribution in [-0.2, 0) is 0 Å². The van der Waals surface area contributed by atoms with Crippen LogP contribution in [-0.4, -0.2) is 11.4 Å². The van der Waals surface area contributed by atoms with E-state index in [0.29, 0.717) is 6.04 Å². The SMILES string of the molecule is O=C(Cl)NC1CCCC1. The van der Waals surface area contributed by atoms with E-state index in [9.17, 15) is 4.79 Å². The summed E-state index contributed by atoms with van der Waals surface area (Å²) in [6.07, 6.45) is 4.64. The molecule has 52 valence electrons. The van der Waals surface area contributed by atoms with Gasteiger partial charge in [-0.25, -0.2) is 0 Å². The van der Waals surface area contributed by atoms with Gasteiger partial charge >= 0.3 is 5.37 Å². The van der Waals surface area contributed by atoms with E-state index in [2.05, 4.69) is 5.32 Å². The van der Waals surface area contributed by atoms with Crippen molar-refractivity contribution in [2.75, 3.05) is 0 Å². The van der Waals surface area contributed by atoms with Crippen LogP contribution >= 0.6 is 11.6 Å². The summed E-state index contributed by atoms with van der Waals surface area (Å²) in [7, 11) is 0. The Hall–Kier alpha value is -0.240. The van der Waals surface area contributed by atoms with Crippen molar-refractivity contribution in [2.45, 2.75) is 31.7 Å². The van der Waals surface area contributed by atoms with Crippen LogP contribution in [0.5, 0.6) is 0 Å². The van der Waals surface area contributed by atoms with E-state index >= 15 is 0 Å².